The molecule has 0 heterocycles. The second-order valence-electron chi connectivity index (χ2n) is 5.37. The first-order valence-electron chi connectivity index (χ1n) is 6.53. The van der Waals surface area contributed by atoms with Crippen LogP contribution < -0.4 is 0 Å². The highest BCUT2D eigenvalue weighted by Gasteiger charge is 2.50. The predicted molar refractivity (Wildman–Crippen MR) is 67.4 cm³/mol. The van der Waals surface area contributed by atoms with Crippen LogP contribution in [0.5, 0.6) is 0 Å². The lowest BCUT2D eigenvalue weighted by Crippen LogP contribution is -2.44. The van der Waals surface area contributed by atoms with Gasteiger partial charge in [0.15, 0.2) is 0 Å². The molecule has 0 spiro atoms. The Labute approximate surface area is 113 Å². The summed E-state index contributed by atoms with van der Waals surface area (Å²) in [7, 11) is 1.28. The zero-order chi connectivity index (χ0) is 14.5. The molecule has 0 aromatic rings. The number of rotatable bonds is 4. The van der Waals surface area contributed by atoms with Crippen LogP contribution in [-0.4, -0.2) is 24.8 Å². The molecule has 5 nitrogen and oxygen atoms in total. The van der Waals surface area contributed by atoms with E-state index in [1.807, 2.05) is 12.1 Å². The number of ether oxygens (including phenoxy) is 1. The summed E-state index contributed by atoms with van der Waals surface area (Å²) in [6.45, 7) is 1.81. The van der Waals surface area contributed by atoms with E-state index >= 15 is 0 Å². The number of hydrogen-bond donors (Lipinski definition) is 1. The summed E-state index contributed by atoms with van der Waals surface area (Å²) in [5, 5.41) is 27.4. The van der Waals surface area contributed by atoms with Gasteiger partial charge < -0.3 is 9.84 Å². The maximum atomic E-state index is 12.1. The van der Waals surface area contributed by atoms with Gasteiger partial charge in [-0.15, -0.1) is 0 Å². The normalized spacial score (nSPS) is 26.0. The monoisotopic (exact) mass is 264 g/mol. The van der Waals surface area contributed by atoms with Crippen LogP contribution in [0.25, 0.3) is 0 Å². The highest BCUT2D eigenvalue weighted by atomic mass is 16.5. The molecule has 1 rings (SSSR count). The van der Waals surface area contributed by atoms with Crippen LogP contribution >= 0.6 is 0 Å². The van der Waals surface area contributed by atoms with Crippen molar-refractivity contribution in [2.24, 2.45) is 23.2 Å². The van der Waals surface area contributed by atoms with E-state index in [0.717, 1.165) is 25.7 Å². The van der Waals surface area contributed by atoms with Crippen LogP contribution in [0.2, 0.25) is 0 Å². The lowest BCUT2D eigenvalue weighted by molar-refractivity contribution is -0.158. The van der Waals surface area contributed by atoms with Gasteiger partial charge in [-0.3, -0.25) is 4.79 Å². The minimum Gasteiger partial charge on any atom is -0.469 e. The van der Waals surface area contributed by atoms with Gasteiger partial charge in [0.2, 0.25) is 0 Å². The third-order valence-corrected chi connectivity index (χ3v) is 4.44. The third kappa shape index (κ3) is 2.88. The fourth-order valence-electron chi connectivity index (χ4n) is 2.98. The summed E-state index contributed by atoms with van der Waals surface area (Å²) in [4.78, 5) is 12.1. The first kappa shape index (κ1) is 15.5. The number of carbonyl (C=O) groups is 1. The number of nitrogens with zero attached hydrogens (tertiary/aromatic N) is 2. The van der Waals surface area contributed by atoms with Crippen molar-refractivity contribution in [1.82, 2.24) is 0 Å². The number of aliphatic hydroxyl groups is 1. The Hall–Kier alpha value is -1.59. The standard InChI is InChI=1S/C14H20N2O3/c1-14(13(18)19-2,12(7-15)8-16)11-5-3-10(9-17)4-6-11/h10-12,17H,3-6,9H2,1-2H3. The number of aliphatic hydroxyl groups excluding tert-OH is 1. The van der Waals surface area contributed by atoms with Gasteiger partial charge in [0.25, 0.3) is 0 Å². The molecule has 0 radical (unpaired) electrons. The molecule has 5 heteroatoms. The molecule has 1 aliphatic rings. The third-order valence-electron chi connectivity index (χ3n) is 4.44. The zero-order valence-electron chi connectivity index (χ0n) is 11.4. The molecule has 1 unspecified atom stereocenters. The molecule has 0 aliphatic heterocycles. The van der Waals surface area contributed by atoms with E-state index in [-0.39, 0.29) is 18.4 Å². The topological polar surface area (TPSA) is 94.1 Å². The van der Waals surface area contributed by atoms with Crippen molar-refractivity contribution in [1.29, 1.82) is 10.5 Å². The molecule has 1 N–H and O–H groups in total. The van der Waals surface area contributed by atoms with Gasteiger partial charge in [0.1, 0.15) is 5.92 Å². The largest absolute Gasteiger partial charge is 0.469 e. The molecule has 1 atom stereocenters. The van der Waals surface area contributed by atoms with E-state index in [2.05, 4.69) is 0 Å². The second-order valence-corrected chi connectivity index (χ2v) is 5.37. The summed E-state index contributed by atoms with van der Waals surface area (Å²) >= 11 is 0. The van der Waals surface area contributed by atoms with Gasteiger partial charge >= 0.3 is 5.97 Å². The van der Waals surface area contributed by atoms with Crippen LogP contribution in [0.15, 0.2) is 0 Å². The van der Waals surface area contributed by atoms with E-state index < -0.39 is 17.3 Å². The Balaban J connectivity index is 2.97. The number of nitriles is 2. The molecule has 0 amide bonds. The average Bonchev–Trinajstić information content (AvgIpc) is 2.47. The van der Waals surface area contributed by atoms with Gasteiger partial charge in [-0.05, 0) is 44.4 Å². The fourth-order valence-corrected chi connectivity index (χ4v) is 2.98. The number of carbonyl (C=O) groups excluding carboxylic acids is 1. The van der Waals surface area contributed by atoms with Gasteiger partial charge in [-0.2, -0.15) is 10.5 Å². The molecule has 0 bridgehead atoms. The number of methoxy groups -OCH3 is 1. The molecular weight excluding hydrogens is 244 g/mol. The van der Waals surface area contributed by atoms with Crippen LogP contribution in [-0.2, 0) is 9.53 Å². The molecular formula is C14H20N2O3. The van der Waals surface area contributed by atoms with Crippen molar-refractivity contribution in [3.05, 3.63) is 0 Å². The first-order valence-corrected chi connectivity index (χ1v) is 6.53. The summed E-state index contributed by atoms with van der Waals surface area (Å²) in [6, 6.07) is 3.84. The SMILES string of the molecule is COC(=O)C(C)(C(C#N)C#N)C1CCC(CO)CC1. The summed E-state index contributed by atoms with van der Waals surface area (Å²) < 4.78 is 4.82. The van der Waals surface area contributed by atoms with Crippen molar-refractivity contribution in [3.63, 3.8) is 0 Å². The smallest absolute Gasteiger partial charge is 0.314 e. The molecule has 0 saturated heterocycles. The highest BCUT2D eigenvalue weighted by molar-refractivity contribution is 5.78. The molecule has 0 aromatic carbocycles. The van der Waals surface area contributed by atoms with Crippen molar-refractivity contribution in [3.8, 4) is 12.1 Å². The Morgan fingerprint density at radius 1 is 1.37 bits per heavy atom. The lowest BCUT2D eigenvalue weighted by atomic mass is 9.62. The second kappa shape index (κ2) is 6.54. The fraction of sp³-hybridized carbons (Fsp3) is 0.786. The van der Waals surface area contributed by atoms with Crippen LogP contribution in [0, 0.1) is 45.8 Å². The molecule has 104 valence electrons. The van der Waals surface area contributed by atoms with Crippen molar-refractivity contribution in [2.75, 3.05) is 13.7 Å². The maximum absolute atomic E-state index is 12.1. The number of hydrogen-bond acceptors (Lipinski definition) is 5. The van der Waals surface area contributed by atoms with Crippen LogP contribution in [0.3, 0.4) is 0 Å². The van der Waals surface area contributed by atoms with Gasteiger partial charge in [-0.1, -0.05) is 0 Å². The zero-order valence-corrected chi connectivity index (χ0v) is 11.4. The molecule has 1 fully saturated rings. The van der Waals surface area contributed by atoms with Crippen molar-refractivity contribution in [2.45, 2.75) is 32.6 Å². The quantitative estimate of drug-likeness (QED) is 0.779. The highest BCUT2D eigenvalue weighted by Crippen LogP contribution is 2.45. The summed E-state index contributed by atoms with van der Waals surface area (Å²) in [5.41, 5.74) is -1.08. The lowest BCUT2D eigenvalue weighted by Gasteiger charge is -2.39. The predicted octanol–water partition coefficient (Wildman–Crippen LogP) is 1.63. The number of esters is 1. The van der Waals surface area contributed by atoms with E-state index in [0.29, 0.717) is 0 Å². The summed E-state index contributed by atoms with van der Waals surface area (Å²) in [5.74, 6) is -1.28. The first-order chi connectivity index (χ1) is 9.04. The molecule has 1 aliphatic carbocycles. The van der Waals surface area contributed by atoms with Crippen molar-refractivity contribution < 1.29 is 14.6 Å². The molecule has 1 saturated carbocycles. The minimum absolute atomic E-state index is 0.0490. The minimum atomic E-state index is -1.08. The van der Waals surface area contributed by atoms with E-state index in [1.165, 1.54) is 7.11 Å². The maximum Gasteiger partial charge on any atom is 0.314 e. The Morgan fingerprint density at radius 2 is 1.89 bits per heavy atom. The Morgan fingerprint density at radius 3 is 2.26 bits per heavy atom. The van der Waals surface area contributed by atoms with Gasteiger partial charge in [-0.25, -0.2) is 0 Å². The Kier molecular flexibility index (Phi) is 5.32. The van der Waals surface area contributed by atoms with Crippen LogP contribution in [0.1, 0.15) is 32.6 Å². The van der Waals surface area contributed by atoms with E-state index in [4.69, 9.17) is 20.4 Å². The van der Waals surface area contributed by atoms with E-state index in [1.54, 1.807) is 6.92 Å². The molecule has 0 aromatic heterocycles. The van der Waals surface area contributed by atoms with E-state index in [9.17, 15) is 4.79 Å². The van der Waals surface area contributed by atoms with Gasteiger partial charge in [0.05, 0.1) is 24.7 Å². The average molecular weight is 264 g/mol. The Bertz CT molecular complexity index is 388. The molecule has 19 heavy (non-hydrogen) atoms. The summed E-state index contributed by atoms with van der Waals surface area (Å²) in [6.07, 6.45) is 3.10. The van der Waals surface area contributed by atoms with Crippen LogP contribution in [0.4, 0.5) is 0 Å². The van der Waals surface area contributed by atoms with Gasteiger partial charge in [0, 0.05) is 6.61 Å². The van der Waals surface area contributed by atoms with Crippen molar-refractivity contribution >= 4 is 5.97 Å².